The Morgan fingerprint density at radius 2 is 1.64 bits per heavy atom. The Kier molecular flexibility index (Phi) is 8.89. The molecule has 0 aliphatic carbocycles. The normalized spacial score (nSPS) is 19.5. The van der Waals surface area contributed by atoms with Crippen LogP contribution in [0.2, 0.25) is 0 Å². The first-order valence-electron chi connectivity index (χ1n) is 13.5. The summed E-state index contributed by atoms with van der Waals surface area (Å²) in [7, 11) is 0. The molecule has 0 radical (unpaired) electrons. The molecule has 9 heteroatoms. The quantitative estimate of drug-likeness (QED) is 0.408. The van der Waals surface area contributed by atoms with Crippen molar-refractivity contribution in [1.82, 2.24) is 9.80 Å². The molecule has 1 atom stereocenters. The van der Waals surface area contributed by atoms with Gasteiger partial charge in [-0.2, -0.15) is 13.2 Å². The molecule has 2 aliphatic heterocycles. The Balaban J connectivity index is 1.47. The number of rotatable bonds is 8. The van der Waals surface area contributed by atoms with E-state index in [1.165, 1.54) is 4.90 Å². The smallest absolute Gasteiger partial charge is 0.491 e. The van der Waals surface area contributed by atoms with Crippen LogP contribution in [0.3, 0.4) is 0 Å². The van der Waals surface area contributed by atoms with Crippen molar-refractivity contribution in [3.05, 3.63) is 65.2 Å². The molecule has 2 fully saturated rings. The number of nitrogens with zero attached hydrogens (tertiary/aromatic N) is 2. The van der Waals surface area contributed by atoms with E-state index in [1.54, 1.807) is 0 Å². The van der Waals surface area contributed by atoms with Gasteiger partial charge in [0.25, 0.3) is 0 Å². The lowest BCUT2D eigenvalue weighted by Gasteiger charge is -2.43. The number of halogens is 3. The molecule has 2 saturated heterocycles. The molecule has 0 aromatic heterocycles. The van der Waals surface area contributed by atoms with E-state index in [-0.39, 0.29) is 18.9 Å². The topological polar surface area (TPSA) is 59.1 Å². The van der Waals surface area contributed by atoms with Crippen molar-refractivity contribution in [2.75, 3.05) is 26.2 Å². The van der Waals surface area contributed by atoms with Gasteiger partial charge in [0.05, 0.1) is 13.0 Å². The molecule has 1 spiro atoms. The van der Waals surface area contributed by atoms with Crippen LogP contribution in [0.5, 0.6) is 5.75 Å². The molecule has 2 aromatic rings. The van der Waals surface area contributed by atoms with Crippen molar-refractivity contribution in [3.63, 3.8) is 0 Å². The third-order valence-electron chi connectivity index (χ3n) is 7.69. The Morgan fingerprint density at radius 3 is 2.28 bits per heavy atom. The number of hydrogen-bond acceptors (Lipinski definition) is 5. The number of hydrogen-bond donors (Lipinski definition) is 0. The third kappa shape index (κ3) is 7.12. The summed E-state index contributed by atoms with van der Waals surface area (Å²) in [6.07, 6.45) is -4.80. The summed E-state index contributed by atoms with van der Waals surface area (Å²) in [5.41, 5.74) is 2.15. The number of aryl methyl sites for hydroxylation is 1. The lowest BCUT2D eigenvalue weighted by Crippen LogP contribution is -2.51. The van der Waals surface area contributed by atoms with Gasteiger partial charge in [0.1, 0.15) is 5.75 Å². The van der Waals surface area contributed by atoms with Crippen molar-refractivity contribution >= 4 is 11.9 Å². The lowest BCUT2D eigenvalue weighted by molar-refractivity contribution is -0.219. The first kappa shape index (κ1) is 28.9. The van der Waals surface area contributed by atoms with Crippen LogP contribution >= 0.6 is 0 Å². The van der Waals surface area contributed by atoms with Gasteiger partial charge < -0.3 is 14.4 Å². The average molecular weight is 547 g/mol. The molecule has 4 rings (SSSR count). The van der Waals surface area contributed by atoms with Gasteiger partial charge in [0.15, 0.2) is 6.23 Å². The summed E-state index contributed by atoms with van der Waals surface area (Å²) in [6, 6.07) is 15.3. The molecule has 39 heavy (non-hydrogen) atoms. The number of ether oxygens (including phenoxy) is 2. The van der Waals surface area contributed by atoms with E-state index in [1.807, 2.05) is 55.5 Å². The van der Waals surface area contributed by atoms with Crippen LogP contribution in [0.4, 0.5) is 13.2 Å². The van der Waals surface area contributed by atoms with Crippen LogP contribution in [0.1, 0.15) is 49.8 Å². The highest BCUT2D eigenvalue weighted by atomic mass is 19.4. The maximum atomic E-state index is 13.2. The zero-order valence-electron chi connectivity index (χ0n) is 22.8. The van der Waals surface area contributed by atoms with Crippen LogP contribution in [0.15, 0.2) is 48.5 Å². The van der Waals surface area contributed by atoms with Crippen molar-refractivity contribution < 1.29 is 32.2 Å². The molecule has 0 bridgehead atoms. The van der Waals surface area contributed by atoms with E-state index >= 15 is 0 Å². The Hall–Kier alpha value is -3.07. The second-order valence-electron chi connectivity index (χ2n) is 11.2. The Morgan fingerprint density at radius 1 is 1.00 bits per heavy atom. The van der Waals surface area contributed by atoms with E-state index in [9.17, 15) is 22.8 Å². The zero-order chi connectivity index (χ0) is 28.2. The van der Waals surface area contributed by atoms with E-state index in [0.29, 0.717) is 51.4 Å². The number of benzene rings is 2. The lowest BCUT2D eigenvalue weighted by atomic mass is 9.76. The molecule has 2 heterocycles. The SMILES string of the molecule is Cc1ccc(CC(=O)N2CCC3(CCN(Cc4ccccc4OCC(C)C)CC3)C2OC(=O)C(F)(F)F)cc1. The molecule has 2 aromatic carbocycles. The maximum absolute atomic E-state index is 13.2. The number of likely N-dealkylation sites (tertiary alicyclic amines) is 2. The van der Waals surface area contributed by atoms with Gasteiger partial charge in [-0.1, -0.05) is 61.9 Å². The van der Waals surface area contributed by atoms with Gasteiger partial charge in [-0.3, -0.25) is 9.69 Å². The van der Waals surface area contributed by atoms with Gasteiger partial charge in [0.2, 0.25) is 5.91 Å². The van der Waals surface area contributed by atoms with E-state index < -0.39 is 23.8 Å². The number of alkyl halides is 3. The van der Waals surface area contributed by atoms with Crippen molar-refractivity contribution in [2.24, 2.45) is 11.3 Å². The van der Waals surface area contributed by atoms with Gasteiger partial charge in [-0.05, 0) is 56.8 Å². The predicted octanol–water partition coefficient (Wildman–Crippen LogP) is 5.52. The first-order chi connectivity index (χ1) is 18.5. The third-order valence-corrected chi connectivity index (χ3v) is 7.69. The highest BCUT2D eigenvalue weighted by Crippen LogP contribution is 2.47. The summed E-state index contributed by atoms with van der Waals surface area (Å²) in [5.74, 6) is -1.37. The van der Waals surface area contributed by atoms with Crippen LogP contribution in [0.25, 0.3) is 0 Å². The number of carbonyl (C=O) groups is 2. The summed E-state index contributed by atoms with van der Waals surface area (Å²) < 4.78 is 50.8. The Labute approximate surface area is 228 Å². The monoisotopic (exact) mass is 546 g/mol. The van der Waals surface area contributed by atoms with Crippen molar-refractivity contribution in [1.29, 1.82) is 0 Å². The Bertz CT molecular complexity index is 1140. The summed E-state index contributed by atoms with van der Waals surface area (Å²) in [4.78, 5) is 28.8. The highest BCUT2D eigenvalue weighted by molar-refractivity contribution is 5.80. The second-order valence-corrected chi connectivity index (χ2v) is 11.2. The number of esters is 1. The largest absolute Gasteiger partial charge is 0.493 e. The molecule has 0 N–H and O–H groups in total. The first-order valence-corrected chi connectivity index (χ1v) is 13.5. The molecule has 2 aliphatic rings. The number of amides is 1. The number of para-hydroxylation sites is 1. The second kappa shape index (κ2) is 12.0. The van der Waals surface area contributed by atoms with Crippen LogP contribution in [0, 0.1) is 18.3 Å². The van der Waals surface area contributed by atoms with Gasteiger partial charge in [0, 0.05) is 24.1 Å². The fraction of sp³-hybridized carbons (Fsp3) is 0.533. The maximum Gasteiger partial charge on any atom is 0.491 e. The van der Waals surface area contributed by atoms with Crippen molar-refractivity contribution in [3.8, 4) is 5.75 Å². The highest BCUT2D eigenvalue weighted by Gasteiger charge is 2.55. The number of carbonyl (C=O) groups excluding carboxylic acids is 2. The molecule has 6 nitrogen and oxygen atoms in total. The van der Waals surface area contributed by atoms with Gasteiger partial charge in [-0.25, -0.2) is 4.79 Å². The predicted molar refractivity (Wildman–Crippen MR) is 141 cm³/mol. The average Bonchev–Trinajstić information content (AvgIpc) is 3.23. The number of piperidine rings is 1. The minimum absolute atomic E-state index is 0.0374. The molecule has 1 unspecified atom stereocenters. The fourth-order valence-electron chi connectivity index (χ4n) is 5.43. The molecule has 212 valence electrons. The minimum Gasteiger partial charge on any atom is -0.493 e. The molecule has 0 saturated carbocycles. The van der Waals surface area contributed by atoms with Crippen LogP contribution in [-0.4, -0.2) is 60.3 Å². The minimum atomic E-state index is -5.13. The fourth-order valence-corrected chi connectivity index (χ4v) is 5.43. The zero-order valence-corrected chi connectivity index (χ0v) is 22.8. The summed E-state index contributed by atoms with van der Waals surface area (Å²) in [5, 5.41) is 0. The van der Waals surface area contributed by atoms with Crippen LogP contribution < -0.4 is 4.74 Å². The van der Waals surface area contributed by atoms with Crippen LogP contribution in [-0.2, 0) is 27.3 Å². The molecular formula is C30H37F3N2O4. The summed E-state index contributed by atoms with van der Waals surface area (Å²) >= 11 is 0. The molecular weight excluding hydrogens is 509 g/mol. The van der Waals surface area contributed by atoms with Gasteiger partial charge in [-0.15, -0.1) is 0 Å². The van der Waals surface area contributed by atoms with Crippen molar-refractivity contribution in [2.45, 2.75) is 65.4 Å². The van der Waals surface area contributed by atoms with Gasteiger partial charge >= 0.3 is 12.1 Å². The molecule has 1 amide bonds. The van der Waals surface area contributed by atoms with E-state index in [0.717, 1.165) is 22.4 Å². The van der Waals surface area contributed by atoms with E-state index in [2.05, 4.69) is 18.7 Å². The summed E-state index contributed by atoms with van der Waals surface area (Å²) in [6.45, 7) is 8.85. The van der Waals surface area contributed by atoms with E-state index in [4.69, 9.17) is 9.47 Å². The standard InChI is InChI=1S/C30H37F3N2O4/c1-21(2)20-38-25-7-5-4-6-24(25)19-34-15-12-29(13-16-34)14-17-35(27(29)39-28(37)30(31,32)33)26(36)18-23-10-8-22(3)9-11-23/h4-11,21,27H,12-20H2,1-3H3.